The fraction of sp³-hybridized carbons (Fsp3) is 0.523. The number of nitrogens with one attached hydrogen (secondary N) is 2. The van der Waals surface area contributed by atoms with E-state index in [0.717, 1.165) is 61.8 Å². The third kappa shape index (κ3) is 14.2. The molecular formula is C44H60FN3O9. The second kappa shape index (κ2) is 23.7. The second-order valence-electron chi connectivity index (χ2n) is 14.9. The Bertz CT molecular complexity index is 1660. The lowest BCUT2D eigenvalue weighted by atomic mass is 9.78. The SMILES string of the molecule is COc1ccc([C@@H]2[C@@H](CC[C@H](O)c3ccc(F)cc3)C(=O)N2c2ccc(CNC(=O)CCCCCCCCCCC(=O)NCC(O)C(O)C(O)CCO)cc2)cc1. The van der Waals surface area contributed by atoms with E-state index in [1.807, 2.05) is 48.5 Å². The Hall–Kier alpha value is -4.40. The lowest BCUT2D eigenvalue weighted by Gasteiger charge is -2.48. The number of β-lactam (4-membered cyclic amide) rings is 1. The van der Waals surface area contributed by atoms with Crippen LogP contribution in [0.5, 0.6) is 5.75 Å². The van der Waals surface area contributed by atoms with Gasteiger partial charge in [-0.15, -0.1) is 0 Å². The van der Waals surface area contributed by atoms with Crippen LogP contribution in [0.15, 0.2) is 72.8 Å². The number of anilines is 1. The number of ether oxygens (including phenoxy) is 1. The fourth-order valence-corrected chi connectivity index (χ4v) is 7.17. The van der Waals surface area contributed by atoms with E-state index in [4.69, 9.17) is 9.84 Å². The number of halogens is 1. The van der Waals surface area contributed by atoms with Crippen LogP contribution < -0.4 is 20.3 Å². The molecule has 12 nitrogen and oxygen atoms in total. The summed E-state index contributed by atoms with van der Waals surface area (Å²) in [5, 5.41) is 54.4. The molecule has 0 radical (unpaired) electrons. The van der Waals surface area contributed by atoms with Crippen LogP contribution in [0.4, 0.5) is 10.1 Å². The first kappa shape index (κ1) is 45.3. The molecule has 1 fully saturated rings. The molecule has 0 bridgehead atoms. The zero-order valence-electron chi connectivity index (χ0n) is 32.9. The molecule has 3 aromatic carbocycles. The number of amides is 3. The van der Waals surface area contributed by atoms with Gasteiger partial charge in [0.2, 0.25) is 17.7 Å². The van der Waals surface area contributed by atoms with E-state index >= 15 is 0 Å². The molecule has 1 aliphatic rings. The Morgan fingerprint density at radius 1 is 0.754 bits per heavy atom. The Labute approximate surface area is 335 Å². The highest BCUT2D eigenvalue weighted by Gasteiger charge is 2.48. The van der Waals surface area contributed by atoms with E-state index in [9.17, 15) is 39.2 Å². The maximum Gasteiger partial charge on any atom is 0.233 e. The first-order valence-corrected chi connectivity index (χ1v) is 20.2. The van der Waals surface area contributed by atoms with Crippen LogP contribution in [0, 0.1) is 11.7 Å². The monoisotopic (exact) mass is 793 g/mol. The number of unbranched alkanes of at least 4 members (excludes halogenated alkanes) is 7. The van der Waals surface area contributed by atoms with Gasteiger partial charge in [-0.1, -0.05) is 74.9 Å². The predicted molar refractivity (Wildman–Crippen MR) is 214 cm³/mol. The molecule has 3 amide bonds. The Morgan fingerprint density at radius 3 is 1.91 bits per heavy atom. The van der Waals surface area contributed by atoms with Gasteiger partial charge in [0.25, 0.3) is 0 Å². The van der Waals surface area contributed by atoms with Crippen LogP contribution in [0.25, 0.3) is 0 Å². The van der Waals surface area contributed by atoms with Gasteiger partial charge in [-0.2, -0.15) is 0 Å². The minimum atomic E-state index is -1.44. The van der Waals surface area contributed by atoms with Crippen molar-refractivity contribution in [2.24, 2.45) is 5.92 Å². The minimum Gasteiger partial charge on any atom is -0.497 e. The number of methoxy groups -OCH3 is 1. The van der Waals surface area contributed by atoms with Crippen molar-refractivity contribution in [2.75, 3.05) is 25.2 Å². The molecule has 312 valence electrons. The smallest absolute Gasteiger partial charge is 0.233 e. The third-order valence-electron chi connectivity index (χ3n) is 10.7. The number of hydrogen-bond donors (Lipinski definition) is 7. The predicted octanol–water partition coefficient (Wildman–Crippen LogP) is 5.15. The summed E-state index contributed by atoms with van der Waals surface area (Å²) in [6, 6.07) is 20.8. The van der Waals surface area contributed by atoms with Crippen molar-refractivity contribution < 1.29 is 49.0 Å². The maximum absolute atomic E-state index is 13.6. The van der Waals surface area contributed by atoms with E-state index in [0.29, 0.717) is 50.0 Å². The summed E-state index contributed by atoms with van der Waals surface area (Å²) in [6.45, 7) is -0.0948. The first-order valence-electron chi connectivity index (χ1n) is 20.2. The zero-order chi connectivity index (χ0) is 41.2. The number of carbonyl (C=O) groups is 3. The molecule has 57 heavy (non-hydrogen) atoms. The quantitative estimate of drug-likeness (QED) is 0.0426. The molecule has 4 rings (SSSR count). The summed E-state index contributed by atoms with van der Waals surface area (Å²) in [5.74, 6) is -0.262. The average molecular weight is 794 g/mol. The molecule has 1 saturated heterocycles. The van der Waals surface area contributed by atoms with Gasteiger partial charge in [0.15, 0.2) is 0 Å². The molecule has 0 aliphatic carbocycles. The highest BCUT2D eigenvalue weighted by atomic mass is 19.1. The molecule has 1 heterocycles. The van der Waals surface area contributed by atoms with Crippen molar-refractivity contribution in [3.63, 3.8) is 0 Å². The Morgan fingerprint density at radius 2 is 1.33 bits per heavy atom. The first-order chi connectivity index (χ1) is 27.5. The van der Waals surface area contributed by atoms with Crippen molar-refractivity contribution in [1.82, 2.24) is 10.6 Å². The number of hydrogen-bond acceptors (Lipinski definition) is 9. The van der Waals surface area contributed by atoms with Crippen LogP contribution >= 0.6 is 0 Å². The van der Waals surface area contributed by atoms with Gasteiger partial charge in [0.05, 0.1) is 37.4 Å². The van der Waals surface area contributed by atoms with Crippen LogP contribution in [0.3, 0.4) is 0 Å². The molecule has 1 aliphatic heterocycles. The number of benzene rings is 3. The van der Waals surface area contributed by atoms with Crippen molar-refractivity contribution >= 4 is 23.4 Å². The molecular weight excluding hydrogens is 733 g/mol. The molecule has 6 atom stereocenters. The van der Waals surface area contributed by atoms with Crippen LogP contribution in [0.1, 0.15) is 112 Å². The van der Waals surface area contributed by atoms with Crippen LogP contribution in [-0.2, 0) is 20.9 Å². The topological polar surface area (TPSA) is 189 Å². The van der Waals surface area contributed by atoms with Crippen LogP contribution in [0.2, 0.25) is 0 Å². The largest absolute Gasteiger partial charge is 0.497 e. The number of rotatable bonds is 26. The molecule has 7 N–H and O–H groups in total. The summed E-state index contributed by atoms with van der Waals surface area (Å²) >= 11 is 0. The third-order valence-corrected chi connectivity index (χ3v) is 10.7. The van der Waals surface area contributed by atoms with Gasteiger partial charge in [0, 0.05) is 38.2 Å². The molecule has 0 aromatic heterocycles. The number of carbonyl (C=O) groups excluding carboxylic acids is 3. The van der Waals surface area contributed by atoms with Gasteiger partial charge < -0.3 is 45.8 Å². The number of aliphatic hydroxyl groups excluding tert-OH is 5. The lowest BCUT2D eigenvalue weighted by molar-refractivity contribution is -0.131. The highest BCUT2D eigenvalue weighted by molar-refractivity contribution is 6.03. The van der Waals surface area contributed by atoms with Gasteiger partial charge in [-0.25, -0.2) is 4.39 Å². The summed E-state index contributed by atoms with van der Waals surface area (Å²) in [6.07, 6.45) is 4.21. The average Bonchev–Trinajstić information content (AvgIpc) is 3.22. The Balaban J connectivity index is 1.11. The summed E-state index contributed by atoms with van der Waals surface area (Å²) in [7, 11) is 1.60. The number of nitrogens with zero attached hydrogens (tertiary/aromatic N) is 1. The van der Waals surface area contributed by atoms with Crippen molar-refractivity contribution in [3.8, 4) is 5.75 Å². The standard InChI is InChI=1S/C44H60FN3O9/c1-57-35-22-16-32(17-23-35)42-36(24-25-37(50)31-14-18-33(45)19-15-31)44(56)48(42)34-20-12-30(13-21-34)28-46-40(53)10-8-6-4-2-3-5-7-9-11-41(54)47-29-39(52)43(55)38(51)26-27-49/h12-23,36-39,42-43,49-52,55H,2-11,24-29H2,1H3,(H,46,53)(H,47,54)/t36-,37+,38?,39?,42-,43?/m1/s1. The lowest BCUT2D eigenvalue weighted by Crippen LogP contribution is -2.55. The summed E-state index contributed by atoms with van der Waals surface area (Å²) in [4.78, 5) is 39.9. The van der Waals surface area contributed by atoms with Gasteiger partial charge in [-0.3, -0.25) is 14.4 Å². The maximum atomic E-state index is 13.6. The van der Waals surface area contributed by atoms with Crippen LogP contribution in [-0.4, -0.2) is 81.8 Å². The van der Waals surface area contributed by atoms with E-state index in [-0.39, 0.29) is 55.1 Å². The highest BCUT2D eigenvalue weighted by Crippen LogP contribution is 2.46. The molecule has 0 spiro atoms. The van der Waals surface area contributed by atoms with Crippen molar-refractivity contribution in [1.29, 1.82) is 0 Å². The van der Waals surface area contributed by atoms with E-state index < -0.39 is 24.4 Å². The molecule has 0 saturated carbocycles. The van der Waals surface area contributed by atoms with Crippen molar-refractivity contribution in [2.45, 2.75) is 120 Å². The van der Waals surface area contributed by atoms with E-state index in [2.05, 4.69) is 10.6 Å². The van der Waals surface area contributed by atoms with Gasteiger partial charge in [-0.05, 0) is 85.2 Å². The van der Waals surface area contributed by atoms with E-state index in [1.54, 1.807) is 24.1 Å². The minimum absolute atomic E-state index is 0.0103. The van der Waals surface area contributed by atoms with E-state index in [1.165, 1.54) is 12.1 Å². The van der Waals surface area contributed by atoms with Gasteiger partial charge in [0.1, 0.15) is 17.7 Å². The number of aliphatic hydroxyl groups is 5. The molecule has 3 aromatic rings. The zero-order valence-corrected chi connectivity index (χ0v) is 32.9. The van der Waals surface area contributed by atoms with Gasteiger partial charge >= 0.3 is 0 Å². The Kier molecular flexibility index (Phi) is 18.9. The summed E-state index contributed by atoms with van der Waals surface area (Å²) < 4.78 is 18.7. The molecule has 13 heteroatoms. The molecule has 3 unspecified atom stereocenters. The normalized spacial score (nSPS) is 17.3. The van der Waals surface area contributed by atoms with Crippen molar-refractivity contribution in [3.05, 3.63) is 95.3 Å². The summed E-state index contributed by atoms with van der Waals surface area (Å²) in [5.41, 5.74) is 3.23. The second-order valence-corrected chi connectivity index (χ2v) is 14.9. The fourth-order valence-electron chi connectivity index (χ4n) is 7.17.